The van der Waals surface area contributed by atoms with Gasteiger partial charge in [0, 0.05) is 36.9 Å². The average molecular weight is 442 g/mol. The molecule has 0 aliphatic carbocycles. The minimum absolute atomic E-state index is 0.174. The summed E-state index contributed by atoms with van der Waals surface area (Å²) in [6.45, 7) is 5.43. The molecule has 2 aromatic rings. The van der Waals surface area contributed by atoms with E-state index < -0.39 is 10.0 Å². The normalized spacial score (nSPS) is 20.6. The first kappa shape index (κ1) is 22.0. The van der Waals surface area contributed by atoms with E-state index >= 15 is 0 Å². The Morgan fingerprint density at radius 3 is 2.42 bits per heavy atom. The van der Waals surface area contributed by atoms with Crippen molar-refractivity contribution in [2.45, 2.75) is 56.5 Å². The lowest BCUT2D eigenvalue weighted by atomic mass is 10.0. The molecule has 1 atom stereocenters. The second-order valence-electron chi connectivity index (χ2n) is 8.61. The molecule has 0 radical (unpaired) electrons. The Morgan fingerprint density at radius 1 is 1.00 bits per heavy atom. The molecule has 166 valence electrons. The molecule has 6 nitrogen and oxygen atoms in total. The molecule has 31 heavy (non-hydrogen) atoms. The van der Waals surface area contributed by atoms with Crippen LogP contribution in [-0.2, 0) is 16.6 Å². The number of rotatable bonds is 6. The Kier molecular flexibility index (Phi) is 6.74. The largest absolute Gasteiger partial charge is 0.322 e. The van der Waals surface area contributed by atoms with Gasteiger partial charge in [0.2, 0.25) is 10.0 Å². The van der Waals surface area contributed by atoms with Crippen LogP contribution in [0.15, 0.2) is 53.4 Å². The van der Waals surface area contributed by atoms with Crippen molar-refractivity contribution in [3.05, 3.63) is 59.7 Å². The predicted octanol–water partition coefficient (Wildman–Crippen LogP) is 4.10. The summed E-state index contributed by atoms with van der Waals surface area (Å²) in [7, 11) is -3.54. The van der Waals surface area contributed by atoms with Gasteiger partial charge in [0.05, 0.1) is 4.90 Å². The van der Waals surface area contributed by atoms with Crippen molar-refractivity contribution in [2.75, 3.05) is 25.0 Å². The molecule has 0 spiro atoms. The monoisotopic (exact) mass is 441 g/mol. The van der Waals surface area contributed by atoms with Crippen LogP contribution in [0.3, 0.4) is 0 Å². The highest BCUT2D eigenvalue weighted by Crippen LogP contribution is 2.23. The Labute approximate surface area is 185 Å². The fourth-order valence-corrected chi connectivity index (χ4v) is 5.96. The zero-order valence-corrected chi connectivity index (χ0v) is 18.9. The summed E-state index contributed by atoms with van der Waals surface area (Å²) in [5.74, 6) is -0.309. The van der Waals surface area contributed by atoms with Crippen LogP contribution in [-0.4, -0.2) is 49.2 Å². The minimum atomic E-state index is -3.54. The molecule has 0 saturated carbocycles. The van der Waals surface area contributed by atoms with E-state index in [0.29, 0.717) is 30.4 Å². The van der Waals surface area contributed by atoms with E-state index in [2.05, 4.69) is 17.1 Å². The van der Waals surface area contributed by atoms with Gasteiger partial charge in [-0.05, 0) is 75.0 Å². The summed E-state index contributed by atoms with van der Waals surface area (Å²) >= 11 is 0. The smallest absolute Gasteiger partial charge is 0.255 e. The number of carbonyl (C=O) groups excluding carboxylic acids is 1. The molecule has 2 fully saturated rings. The third kappa shape index (κ3) is 5.17. The van der Waals surface area contributed by atoms with E-state index in [0.717, 1.165) is 25.9 Å². The van der Waals surface area contributed by atoms with Crippen LogP contribution in [0.4, 0.5) is 5.69 Å². The van der Waals surface area contributed by atoms with Crippen LogP contribution < -0.4 is 5.32 Å². The quantitative estimate of drug-likeness (QED) is 0.733. The molecular formula is C24H31N3O3S. The zero-order valence-electron chi connectivity index (χ0n) is 18.1. The van der Waals surface area contributed by atoms with Crippen LogP contribution in [0.2, 0.25) is 0 Å². The Balaban J connectivity index is 1.41. The van der Waals surface area contributed by atoms with Crippen LogP contribution in [0.25, 0.3) is 0 Å². The van der Waals surface area contributed by atoms with Gasteiger partial charge >= 0.3 is 0 Å². The first-order chi connectivity index (χ1) is 14.9. The van der Waals surface area contributed by atoms with Crippen LogP contribution >= 0.6 is 0 Å². The number of nitrogens with zero attached hydrogens (tertiary/aromatic N) is 2. The van der Waals surface area contributed by atoms with E-state index in [1.165, 1.54) is 35.2 Å². The van der Waals surface area contributed by atoms with Gasteiger partial charge in [-0.2, -0.15) is 4.31 Å². The van der Waals surface area contributed by atoms with Crippen LogP contribution in [0, 0.1) is 0 Å². The molecule has 4 rings (SSSR count). The van der Waals surface area contributed by atoms with Crippen molar-refractivity contribution in [2.24, 2.45) is 0 Å². The third-order valence-corrected chi connectivity index (χ3v) is 8.23. The van der Waals surface area contributed by atoms with Gasteiger partial charge < -0.3 is 5.32 Å². The molecule has 1 N–H and O–H groups in total. The van der Waals surface area contributed by atoms with Gasteiger partial charge in [0.15, 0.2) is 0 Å². The fourth-order valence-electron chi connectivity index (χ4n) is 4.40. The van der Waals surface area contributed by atoms with Crippen molar-refractivity contribution in [3.8, 4) is 0 Å². The molecule has 2 aliphatic heterocycles. The van der Waals surface area contributed by atoms with E-state index in [1.807, 2.05) is 24.3 Å². The van der Waals surface area contributed by atoms with Gasteiger partial charge in [-0.1, -0.05) is 24.6 Å². The molecule has 0 aromatic heterocycles. The number of hydrogen-bond donors (Lipinski definition) is 1. The summed E-state index contributed by atoms with van der Waals surface area (Å²) in [5.41, 5.74) is 2.27. The second-order valence-corrected chi connectivity index (χ2v) is 10.5. The van der Waals surface area contributed by atoms with E-state index in [9.17, 15) is 13.2 Å². The standard InChI is InChI=1S/C24H31N3O3S/c1-19-7-2-3-14-26(19)18-20-10-12-22(13-11-20)25-24(28)21-8-6-9-23(17-21)31(29,30)27-15-4-5-16-27/h6,8-13,17,19H,2-5,7,14-16,18H2,1H3,(H,25,28). The molecule has 2 aliphatic rings. The minimum Gasteiger partial charge on any atom is -0.322 e. The van der Waals surface area contributed by atoms with Crippen molar-refractivity contribution in [1.82, 2.24) is 9.21 Å². The van der Waals surface area contributed by atoms with Crippen molar-refractivity contribution in [3.63, 3.8) is 0 Å². The number of amides is 1. The molecule has 1 unspecified atom stereocenters. The number of anilines is 1. The third-order valence-electron chi connectivity index (χ3n) is 6.34. The van der Waals surface area contributed by atoms with Gasteiger partial charge in [0.25, 0.3) is 5.91 Å². The maximum Gasteiger partial charge on any atom is 0.255 e. The van der Waals surface area contributed by atoms with E-state index in [1.54, 1.807) is 18.2 Å². The summed E-state index contributed by atoms with van der Waals surface area (Å²) in [6.07, 6.45) is 5.58. The number of likely N-dealkylation sites (tertiary alicyclic amines) is 1. The van der Waals surface area contributed by atoms with Crippen molar-refractivity contribution in [1.29, 1.82) is 0 Å². The lowest BCUT2D eigenvalue weighted by Crippen LogP contribution is -2.36. The second kappa shape index (κ2) is 9.51. The lowest BCUT2D eigenvalue weighted by molar-refractivity contribution is 0.102. The summed E-state index contributed by atoms with van der Waals surface area (Å²) in [6, 6.07) is 14.8. The van der Waals surface area contributed by atoms with Crippen LogP contribution in [0.1, 0.15) is 54.9 Å². The molecule has 0 bridgehead atoms. The maximum absolute atomic E-state index is 12.8. The van der Waals surface area contributed by atoms with E-state index in [-0.39, 0.29) is 10.8 Å². The molecule has 2 aromatic carbocycles. The first-order valence-electron chi connectivity index (χ1n) is 11.2. The highest BCUT2D eigenvalue weighted by molar-refractivity contribution is 7.89. The number of sulfonamides is 1. The highest BCUT2D eigenvalue weighted by Gasteiger charge is 2.27. The topological polar surface area (TPSA) is 69.7 Å². The highest BCUT2D eigenvalue weighted by atomic mass is 32.2. The van der Waals surface area contributed by atoms with Gasteiger partial charge in [-0.15, -0.1) is 0 Å². The molecule has 7 heteroatoms. The van der Waals surface area contributed by atoms with Crippen molar-refractivity contribution < 1.29 is 13.2 Å². The van der Waals surface area contributed by atoms with Crippen molar-refractivity contribution >= 4 is 21.6 Å². The number of carbonyl (C=O) groups is 1. The number of hydrogen-bond acceptors (Lipinski definition) is 4. The zero-order chi connectivity index (χ0) is 21.8. The summed E-state index contributed by atoms with van der Waals surface area (Å²) in [4.78, 5) is 15.4. The lowest BCUT2D eigenvalue weighted by Gasteiger charge is -2.33. The maximum atomic E-state index is 12.8. The van der Waals surface area contributed by atoms with Gasteiger partial charge in [-0.3, -0.25) is 9.69 Å². The van der Waals surface area contributed by atoms with Gasteiger partial charge in [-0.25, -0.2) is 8.42 Å². The molecule has 1 amide bonds. The SMILES string of the molecule is CC1CCCCN1Cc1ccc(NC(=O)c2cccc(S(=O)(=O)N3CCCC3)c2)cc1. The Morgan fingerprint density at radius 2 is 1.71 bits per heavy atom. The number of nitrogens with one attached hydrogen (secondary N) is 1. The first-order valence-corrected chi connectivity index (χ1v) is 12.6. The average Bonchev–Trinajstić information content (AvgIpc) is 3.33. The molecule has 2 saturated heterocycles. The van der Waals surface area contributed by atoms with Gasteiger partial charge in [0.1, 0.15) is 0 Å². The summed E-state index contributed by atoms with van der Waals surface area (Å²) in [5, 5.41) is 2.89. The Bertz CT molecular complexity index is 1010. The fraction of sp³-hybridized carbons (Fsp3) is 0.458. The number of piperidine rings is 1. The summed E-state index contributed by atoms with van der Waals surface area (Å²) < 4.78 is 27.1. The Hall–Kier alpha value is -2.22. The predicted molar refractivity (Wildman–Crippen MR) is 123 cm³/mol. The van der Waals surface area contributed by atoms with E-state index in [4.69, 9.17) is 0 Å². The molecular weight excluding hydrogens is 410 g/mol. The van der Waals surface area contributed by atoms with Crippen LogP contribution in [0.5, 0.6) is 0 Å². The molecule has 2 heterocycles. The number of benzene rings is 2.